The summed E-state index contributed by atoms with van der Waals surface area (Å²) in [6.07, 6.45) is 3.95. The molecule has 14 heavy (non-hydrogen) atoms. The molecule has 0 amide bonds. The molecular weight excluding hydrogens is 261 g/mol. The molecule has 1 fully saturated rings. The molecule has 0 radical (unpaired) electrons. The molecule has 3 heteroatoms. The maximum atomic E-state index is 6.15. The molecule has 2 rings (SSSR count). The Morgan fingerprint density at radius 2 is 2.07 bits per heavy atom. The lowest BCUT2D eigenvalue weighted by molar-refractivity contribution is 0.264. The molecule has 0 spiro atoms. The van der Waals surface area contributed by atoms with Gasteiger partial charge < -0.3 is 5.73 Å². The Kier molecular flexibility index (Phi) is 4.42. The first-order chi connectivity index (χ1) is 6.27. The fraction of sp³-hybridized carbons (Fsp3) is 0.455. The second-order valence-electron chi connectivity index (χ2n) is 3.77. The Morgan fingerprint density at radius 1 is 1.36 bits per heavy atom. The number of halogens is 2. The zero-order chi connectivity index (χ0) is 9.26. The first-order valence-electron chi connectivity index (χ1n) is 4.78. The van der Waals surface area contributed by atoms with Crippen molar-refractivity contribution in [2.75, 3.05) is 0 Å². The van der Waals surface area contributed by atoms with E-state index in [4.69, 9.17) is 5.73 Å². The number of rotatable bonds is 2. The first-order valence-corrected chi connectivity index (χ1v) is 5.58. The van der Waals surface area contributed by atoms with Gasteiger partial charge in [-0.05, 0) is 36.5 Å². The van der Waals surface area contributed by atoms with Gasteiger partial charge in [0.15, 0.2) is 0 Å². The lowest BCUT2D eigenvalue weighted by atomic mass is 9.78. The van der Waals surface area contributed by atoms with Crippen LogP contribution in [-0.4, -0.2) is 0 Å². The highest BCUT2D eigenvalue weighted by atomic mass is 79.9. The van der Waals surface area contributed by atoms with Crippen molar-refractivity contribution < 1.29 is 0 Å². The van der Waals surface area contributed by atoms with Crippen LogP contribution in [0.1, 0.15) is 30.9 Å². The molecule has 0 unspecified atom stereocenters. The minimum Gasteiger partial charge on any atom is -0.324 e. The fourth-order valence-corrected chi connectivity index (χ4v) is 2.20. The lowest BCUT2D eigenvalue weighted by Gasteiger charge is -2.31. The average molecular weight is 277 g/mol. The van der Waals surface area contributed by atoms with E-state index in [0.717, 1.165) is 4.47 Å². The van der Waals surface area contributed by atoms with Crippen LogP contribution in [0.15, 0.2) is 28.7 Å². The molecule has 1 nitrogen and oxygen atoms in total. The van der Waals surface area contributed by atoms with Crippen molar-refractivity contribution in [2.45, 2.75) is 25.3 Å². The molecule has 1 aromatic carbocycles. The van der Waals surface area contributed by atoms with Gasteiger partial charge in [-0.3, -0.25) is 0 Å². The number of hydrogen-bond acceptors (Lipinski definition) is 1. The third-order valence-corrected chi connectivity index (χ3v) is 3.38. The van der Waals surface area contributed by atoms with Crippen LogP contribution in [0.4, 0.5) is 0 Å². The Bertz CT molecular complexity index is 299. The van der Waals surface area contributed by atoms with E-state index in [2.05, 4.69) is 34.1 Å². The quantitative estimate of drug-likeness (QED) is 0.876. The monoisotopic (exact) mass is 275 g/mol. The molecule has 1 aliphatic rings. The van der Waals surface area contributed by atoms with Crippen molar-refractivity contribution in [3.8, 4) is 0 Å². The van der Waals surface area contributed by atoms with Crippen LogP contribution in [0.3, 0.4) is 0 Å². The fourth-order valence-electron chi connectivity index (χ4n) is 1.79. The van der Waals surface area contributed by atoms with Gasteiger partial charge in [-0.15, -0.1) is 12.4 Å². The van der Waals surface area contributed by atoms with Crippen molar-refractivity contribution in [3.05, 3.63) is 34.3 Å². The van der Waals surface area contributed by atoms with Gasteiger partial charge in [0.25, 0.3) is 0 Å². The largest absolute Gasteiger partial charge is 0.324 e. The first kappa shape index (κ1) is 12.0. The Morgan fingerprint density at radius 3 is 2.57 bits per heavy atom. The van der Waals surface area contributed by atoms with E-state index in [9.17, 15) is 0 Å². The van der Waals surface area contributed by atoms with Crippen LogP contribution >= 0.6 is 28.3 Å². The summed E-state index contributed by atoms with van der Waals surface area (Å²) in [5.41, 5.74) is 7.41. The smallest absolute Gasteiger partial charge is 0.0323 e. The molecule has 2 N–H and O–H groups in total. The summed E-state index contributed by atoms with van der Waals surface area (Å²) in [7, 11) is 0. The van der Waals surface area contributed by atoms with E-state index < -0.39 is 0 Å². The molecular formula is C11H15BrClN. The van der Waals surface area contributed by atoms with Gasteiger partial charge in [0.05, 0.1) is 0 Å². The van der Waals surface area contributed by atoms with Gasteiger partial charge in [0, 0.05) is 10.5 Å². The van der Waals surface area contributed by atoms with Crippen LogP contribution in [0.2, 0.25) is 0 Å². The highest BCUT2D eigenvalue weighted by Gasteiger charge is 2.25. The molecule has 1 aromatic rings. The molecule has 0 saturated heterocycles. The third kappa shape index (κ3) is 2.50. The normalized spacial score (nSPS) is 18.1. The summed E-state index contributed by atoms with van der Waals surface area (Å²) in [5.74, 6) is 0.717. The van der Waals surface area contributed by atoms with E-state index in [0.29, 0.717) is 5.92 Å². The summed E-state index contributed by atoms with van der Waals surface area (Å²) < 4.78 is 1.12. The Hall–Kier alpha value is -0.0500. The molecule has 0 aliphatic heterocycles. The molecule has 1 aliphatic carbocycles. The molecule has 1 atom stereocenters. The van der Waals surface area contributed by atoms with Crippen molar-refractivity contribution in [3.63, 3.8) is 0 Å². The highest BCUT2D eigenvalue weighted by Crippen LogP contribution is 2.36. The predicted molar refractivity (Wildman–Crippen MR) is 65.7 cm³/mol. The van der Waals surface area contributed by atoms with E-state index in [-0.39, 0.29) is 18.4 Å². The van der Waals surface area contributed by atoms with Gasteiger partial charge in [-0.25, -0.2) is 0 Å². The zero-order valence-corrected chi connectivity index (χ0v) is 10.4. The van der Waals surface area contributed by atoms with Crippen molar-refractivity contribution in [1.82, 2.24) is 0 Å². The summed E-state index contributed by atoms with van der Waals surface area (Å²) in [6.45, 7) is 0. The van der Waals surface area contributed by atoms with Crippen molar-refractivity contribution in [1.29, 1.82) is 0 Å². The maximum Gasteiger partial charge on any atom is 0.0323 e. The van der Waals surface area contributed by atoms with E-state index >= 15 is 0 Å². The van der Waals surface area contributed by atoms with Crippen LogP contribution in [0.5, 0.6) is 0 Å². The zero-order valence-electron chi connectivity index (χ0n) is 7.95. The minimum absolute atomic E-state index is 0. The van der Waals surface area contributed by atoms with Crippen LogP contribution in [-0.2, 0) is 0 Å². The number of benzene rings is 1. The van der Waals surface area contributed by atoms with E-state index in [1.807, 2.05) is 6.07 Å². The second-order valence-corrected chi connectivity index (χ2v) is 4.69. The van der Waals surface area contributed by atoms with Gasteiger partial charge in [0.1, 0.15) is 0 Å². The van der Waals surface area contributed by atoms with Gasteiger partial charge >= 0.3 is 0 Å². The predicted octanol–water partition coefficient (Wildman–Crippen LogP) is 3.67. The summed E-state index contributed by atoms with van der Waals surface area (Å²) in [4.78, 5) is 0. The topological polar surface area (TPSA) is 26.0 Å². The minimum atomic E-state index is 0. The summed E-state index contributed by atoms with van der Waals surface area (Å²) in [5, 5.41) is 0. The van der Waals surface area contributed by atoms with E-state index in [1.165, 1.54) is 24.8 Å². The van der Waals surface area contributed by atoms with Crippen molar-refractivity contribution in [2.24, 2.45) is 11.7 Å². The SMILES string of the molecule is Cl.N[C@H](c1cccc(Br)c1)C1CCC1. The van der Waals surface area contributed by atoms with Crippen molar-refractivity contribution >= 4 is 28.3 Å². The molecule has 1 saturated carbocycles. The standard InChI is InChI=1S/C11H14BrN.ClH/c12-10-6-2-5-9(7-10)11(13)8-3-1-4-8;/h2,5-8,11H,1,3-4,13H2;1H/t11-;/m0./s1. The maximum absolute atomic E-state index is 6.15. The molecule has 0 bridgehead atoms. The molecule has 0 heterocycles. The average Bonchev–Trinajstić information content (AvgIpc) is 2.01. The van der Waals surface area contributed by atoms with E-state index in [1.54, 1.807) is 0 Å². The van der Waals surface area contributed by atoms with Gasteiger partial charge in [-0.2, -0.15) is 0 Å². The summed E-state index contributed by atoms with van der Waals surface area (Å²) in [6, 6.07) is 8.58. The third-order valence-electron chi connectivity index (χ3n) is 2.89. The number of hydrogen-bond donors (Lipinski definition) is 1. The van der Waals surface area contributed by atoms with Crippen LogP contribution in [0.25, 0.3) is 0 Å². The molecule has 0 aromatic heterocycles. The van der Waals surface area contributed by atoms with Gasteiger partial charge in [0.2, 0.25) is 0 Å². The molecule has 78 valence electrons. The lowest BCUT2D eigenvalue weighted by Crippen LogP contribution is -2.26. The Balaban J connectivity index is 0.000000980. The summed E-state index contributed by atoms with van der Waals surface area (Å²) >= 11 is 3.46. The Labute approximate surface area is 99.6 Å². The number of nitrogens with two attached hydrogens (primary N) is 1. The second kappa shape index (κ2) is 5.15. The van der Waals surface area contributed by atoms with Crippen LogP contribution < -0.4 is 5.73 Å². The highest BCUT2D eigenvalue weighted by molar-refractivity contribution is 9.10. The van der Waals surface area contributed by atoms with Gasteiger partial charge in [-0.1, -0.05) is 34.5 Å². The van der Waals surface area contributed by atoms with Crippen LogP contribution in [0, 0.1) is 5.92 Å².